The second kappa shape index (κ2) is 9.70. The molecule has 0 aromatic heterocycles. The normalized spacial score (nSPS) is 25.2. The molecule has 1 fully saturated rings. The van der Waals surface area contributed by atoms with Crippen molar-refractivity contribution in [3.8, 4) is 0 Å². The Bertz CT molecular complexity index is 744. The van der Waals surface area contributed by atoms with Crippen LogP contribution in [-0.2, 0) is 14.3 Å². The Balaban J connectivity index is 0.000000297. The number of hydrogen-bond acceptors (Lipinski definition) is 3. The van der Waals surface area contributed by atoms with Crippen LogP contribution in [0, 0.1) is 36.3 Å². The Labute approximate surface area is 203 Å². The van der Waals surface area contributed by atoms with Crippen LogP contribution in [0.4, 0.5) is 0 Å². The molecule has 168 valence electrons. The zero-order valence-electron chi connectivity index (χ0n) is 20.8. The molecule has 4 heteroatoms. The number of carbonyl (C=O) groups is 1. The van der Waals surface area contributed by atoms with E-state index in [9.17, 15) is 4.79 Å². The molecule has 0 bridgehead atoms. The van der Waals surface area contributed by atoms with Gasteiger partial charge in [-0.05, 0) is 12.8 Å². The molecule has 0 amide bonds. The van der Waals surface area contributed by atoms with Crippen LogP contribution in [0.2, 0.25) is 2.26 Å². The molecule has 1 atom stereocenters. The molecule has 3 aliphatic rings. The Morgan fingerprint density at radius 1 is 0.833 bits per heavy atom. The molecular formula is C26H40O3Sm. The standard InChI is InChI=1S/2C10H15.C6H10O3.Sm/c2*1-6-7(2)9(4)10(5)8(6)3;1-8-6(7)5-3-2-4-9-5;/h2*1-5H3;5H,2-4H2,1H3;. The fourth-order valence-corrected chi connectivity index (χ4v) is 11.3. The molecule has 0 N–H and O–H groups in total. The summed E-state index contributed by atoms with van der Waals surface area (Å²) >= 11 is -0.691. The van der Waals surface area contributed by atoms with Gasteiger partial charge in [0, 0.05) is 6.61 Å². The Hall–Kier alpha value is -0.272. The molecule has 0 radical (unpaired) electrons. The molecular weight excluding hydrogens is 511 g/mol. The second-order valence-corrected chi connectivity index (χ2v) is 15.1. The fourth-order valence-electron chi connectivity index (χ4n) is 4.73. The predicted molar refractivity (Wildman–Crippen MR) is 121 cm³/mol. The smallest absolute Gasteiger partial charge is 0.334 e. The zero-order valence-corrected chi connectivity index (χ0v) is 23.5. The van der Waals surface area contributed by atoms with Gasteiger partial charge in [-0.1, -0.05) is 0 Å². The average molecular weight is 551 g/mol. The van der Waals surface area contributed by atoms with Crippen LogP contribution >= 0.6 is 0 Å². The molecule has 0 aromatic carbocycles. The van der Waals surface area contributed by atoms with E-state index in [1.54, 1.807) is 44.6 Å². The summed E-state index contributed by atoms with van der Waals surface area (Å²) in [5.74, 6) is -0.243. The third-order valence-corrected chi connectivity index (χ3v) is 14.6. The van der Waals surface area contributed by atoms with Crippen LogP contribution in [0.25, 0.3) is 0 Å². The first kappa shape index (κ1) is 26.0. The van der Waals surface area contributed by atoms with Crippen LogP contribution in [-0.4, -0.2) is 25.8 Å². The van der Waals surface area contributed by atoms with Crippen LogP contribution in [0.15, 0.2) is 44.6 Å². The third-order valence-electron chi connectivity index (χ3n) is 8.04. The van der Waals surface area contributed by atoms with E-state index in [1.165, 1.54) is 7.11 Å². The molecule has 0 spiro atoms. The number of rotatable bonds is 3. The molecule has 1 heterocycles. The van der Waals surface area contributed by atoms with Crippen molar-refractivity contribution in [1.29, 1.82) is 0 Å². The van der Waals surface area contributed by atoms with E-state index in [-0.39, 0.29) is 12.1 Å². The van der Waals surface area contributed by atoms with Crippen LogP contribution < -0.4 is 0 Å². The molecule has 0 aromatic rings. The minimum Gasteiger partial charge on any atom is -0.467 e. The van der Waals surface area contributed by atoms with Crippen molar-refractivity contribution in [2.45, 2.75) is 90.4 Å². The van der Waals surface area contributed by atoms with Crippen molar-refractivity contribution in [2.75, 3.05) is 13.7 Å². The Morgan fingerprint density at radius 3 is 1.47 bits per heavy atom. The first-order valence-corrected chi connectivity index (χ1v) is 13.6. The quantitative estimate of drug-likeness (QED) is 0.350. The fraction of sp³-hybridized carbons (Fsp3) is 0.654. The van der Waals surface area contributed by atoms with E-state index < -0.39 is 36.3 Å². The van der Waals surface area contributed by atoms with Gasteiger partial charge in [-0.15, -0.1) is 0 Å². The van der Waals surface area contributed by atoms with Gasteiger partial charge < -0.3 is 9.47 Å². The van der Waals surface area contributed by atoms with Gasteiger partial charge in [0.05, 0.1) is 7.11 Å². The zero-order chi connectivity index (χ0) is 23.0. The van der Waals surface area contributed by atoms with Crippen LogP contribution in [0.5, 0.6) is 0 Å². The molecule has 3 rings (SSSR count). The Kier molecular flexibility index (Phi) is 8.40. The van der Waals surface area contributed by atoms with Crippen molar-refractivity contribution in [3.63, 3.8) is 0 Å². The SMILES string of the molecule is CC1=C(C)[C](C)([Sm][C]2(C)C(C)=C(C)C(C)=C2C)C(C)=C1C.COC(=O)C1CCCO1. The number of methoxy groups -OCH3 is 1. The second-order valence-electron chi connectivity index (χ2n) is 9.19. The van der Waals surface area contributed by atoms with Crippen molar-refractivity contribution in [3.05, 3.63) is 44.6 Å². The number of esters is 1. The monoisotopic (exact) mass is 552 g/mol. The van der Waals surface area contributed by atoms with Gasteiger partial charge in [0.15, 0.2) is 6.10 Å². The van der Waals surface area contributed by atoms with Crippen LogP contribution in [0.1, 0.15) is 82.1 Å². The van der Waals surface area contributed by atoms with Crippen LogP contribution in [0.3, 0.4) is 0 Å². The topological polar surface area (TPSA) is 35.5 Å². The Morgan fingerprint density at radius 2 is 1.20 bits per heavy atom. The van der Waals surface area contributed by atoms with E-state index in [0.29, 0.717) is 8.87 Å². The average Bonchev–Trinajstić information content (AvgIpc) is 3.35. The number of allylic oxidation sites excluding steroid dienone is 8. The summed E-state index contributed by atoms with van der Waals surface area (Å²) in [6.45, 7) is 24.5. The maximum atomic E-state index is 10.7. The van der Waals surface area contributed by atoms with Crippen molar-refractivity contribution >= 4 is 5.97 Å². The molecule has 1 saturated heterocycles. The predicted octanol–water partition coefficient (Wildman–Crippen LogP) is 7.14. The maximum Gasteiger partial charge on any atom is 0.334 e. The molecule has 1 aliphatic heterocycles. The summed E-state index contributed by atoms with van der Waals surface area (Å²) in [5, 5.41) is 0. The van der Waals surface area contributed by atoms with E-state index >= 15 is 0 Å². The van der Waals surface area contributed by atoms with Gasteiger partial charge in [0.25, 0.3) is 0 Å². The van der Waals surface area contributed by atoms with E-state index in [1.807, 2.05) is 0 Å². The third kappa shape index (κ3) is 4.45. The van der Waals surface area contributed by atoms with Crippen molar-refractivity contribution in [2.24, 2.45) is 0 Å². The number of carbonyl (C=O) groups excluding carboxylic acids is 1. The van der Waals surface area contributed by atoms with Gasteiger partial charge in [-0.3, -0.25) is 0 Å². The summed E-state index contributed by atoms with van der Waals surface area (Å²) in [5.41, 5.74) is 12.8. The molecule has 0 saturated carbocycles. The first-order valence-electron chi connectivity index (χ1n) is 10.9. The molecule has 3 nitrogen and oxygen atoms in total. The van der Waals surface area contributed by atoms with Gasteiger partial charge in [0.1, 0.15) is 0 Å². The summed E-state index contributed by atoms with van der Waals surface area (Å²) < 4.78 is 10.2. The van der Waals surface area contributed by atoms with E-state index in [0.717, 1.165) is 12.8 Å². The van der Waals surface area contributed by atoms with Gasteiger partial charge in [0.2, 0.25) is 0 Å². The number of hydrogen-bond donors (Lipinski definition) is 0. The van der Waals surface area contributed by atoms with Crippen molar-refractivity contribution < 1.29 is 50.6 Å². The molecule has 30 heavy (non-hydrogen) atoms. The summed E-state index contributed by atoms with van der Waals surface area (Å²) in [7, 11) is 1.38. The van der Waals surface area contributed by atoms with E-state index in [4.69, 9.17) is 4.74 Å². The molecule has 1 unspecified atom stereocenters. The minimum atomic E-state index is -0.691. The van der Waals surface area contributed by atoms with Gasteiger partial charge in [-0.2, -0.15) is 0 Å². The molecule has 2 aliphatic carbocycles. The van der Waals surface area contributed by atoms with E-state index in [2.05, 4.69) is 74.0 Å². The first-order chi connectivity index (χ1) is 13.8. The maximum absolute atomic E-state index is 10.7. The number of ether oxygens (including phenoxy) is 2. The van der Waals surface area contributed by atoms with Gasteiger partial charge >= 0.3 is 158 Å². The summed E-state index contributed by atoms with van der Waals surface area (Å²) in [6.07, 6.45) is 1.50. The summed E-state index contributed by atoms with van der Waals surface area (Å²) in [4.78, 5) is 10.7. The largest absolute Gasteiger partial charge is 0.467 e. The minimum absolute atomic E-state index is 0.243. The summed E-state index contributed by atoms with van der Waals surface area (Å²) in [6, 6.07) is 0. The van der Waals surface area contributed by atoms with Gasteiger partial charge in [-0.25, -0.2) is 4.79 Å². The van der Waals surface area contributed by atoms with Crippen molar-refractivity contribution in [1.82, 2.24) is 0 Å².